The molecule has 3 aromatic carbocycles. The topological polar surface area (TPSA) is 90.5 Å². The SMILES string of the molecule is COc1cc2nc(-c3ccc4c(c3)OCCO4)nc(NCCc3c[nH]c4ccccc34)c2cc1OC. The molecule has 8 heteroatoms. The lowest BCUT2D eigenvalue weighted by molar-refractivity contribution is 0.171. The number of aromatic nitrogens is 3. The number of benzene rings is 3. The van der Waals surface area contributed by atoms with Gasteiger partial charge in [-0.2, -0.15) is 0 Å². The van der Waals surface area contributed by atoms with Gasteiger partial charge >= 0.3 is 0 Å². The molecule has 36 heavy (non-hydrogen) atoms. The van der Waals surface area contributed by atoms with E-state index in [4.69, 9.17) is 28.9 Å². The van der Waals surface area contributed by atoms with Gasteiger partial charge in [-0.05, 0) is 42.3 Å². The Hall–Kier alpha value is -4.46. The summed E-state index contributed by atoms with van der Waals surface area (Å²) in [6.45, 7) is 1.76. The first kappa shape index (κ1) is 22.0. The first-order chi connectivity index (χ1) is 17.7. The van der Waals surface area contributed by atoms with Crippen LogP contribution in [0.3, 0.4) is 0 Å². The summed E-state index contributed by atoms with van der Waals surface area (Å²) in [5.41, 5.74) is 3.98. The summed E-state index contributed by atoms with van der Waals surface area (Å²) >= 11 is 0. The lowest BCUT2D eigenvalue weighted by Gasteiger charge is -2.19. The van der Waals surface area contributed by atoms with Crippen molar-refractivity contribution in [1.29, 1.82) is 0 Å². The van der Waals surface area contributed by atoms with E-state index in [1.807, 2.05) is 36.4 Å². The van der Waals surface area contributed by atoms with Crippen molar-refractivity contribution in [3.05, 3.63) is 66.4 Å². The molecule has 0 unspecified atom stereocenters. The molecule has 0 bridgehead atoms. The number of para-hydroxylation sites is 1. The van der Waals surface area contributed by atoms with Gasteiger partial charge in [0.2, 0.25) is 0 Å². The van der Waals surface area contributed by atoms with Crippen LogP contribution in [0.2, 0.25) is 0 Å². The molecular formula is C28H26N4O4. The Bertz CT molecular complexity index is 1560. The highest BCUT2D eigenvalue weighted by atomic mass is 16.6. The number of methoxy groups -OCH3 is 2. The van der Waals surface area contributed by atoms with Crippen LogP contribution in [-0.2, 0) is 6.42 Å². The maximum absolute atomic E-state index is 5.78. The average molecular weight is 483 g/mol. The van der Waals surface area contributed by atoms with Crippen LogP contribution in [0, 0.1) is 0 Å². The van der Waals surface area contributed by atoms with Crippen LogP contribution in [-0.4, -0.2) is 48.9 Å². The number of nitrogens with one attached hydrogen (secondary N) is 2. The smallest absolute Gasteiger partial charge is 0.162 e. The van der Waals surface area contributed by atoms with Gasteiger partial charge in [0, 0.05) is 40.7 Å². The molecular weight excluding hydrogens is 456 g/mol. The largest absolute Gasteiger partial charge is 0.493 e. The molecule has 0 saturated carbocycles. The number of fused-ring (bicyclic) bond motifs is 3. The second-order valence-corrected chi connectivity index (χ2v) is 8.51. The Morgan fingerprint density at radius 3 is 2.56 bits per heavy atom. The van der Waals surface area contributed by atoms with Crippen molar-refractivity contribution in [2.75, 3.05) is 39.3 Å². The molecule has 3 heterocycles. The molecule has 1 aliphatic rings. The summed E-state index contributed by atoms with van der Waals surface area (Å²) < 4.78 is 22.5. The molecule has 2 N–H and O–H groups in total. The van der Waals surface area contributed by atoms with E-state index in [1.165, 1.54) is 10.9 Å². The first-order valence-electron chi connectivity index (χ1n) is 11.9. The van der Waals surface area contributed by atoms with Crippen molar-refractivity contribution in [1.82, 2.24) is 15.0 Å². The van der Waals surface area contributed by atoms with E-state index < -0.39 is 0 Å². The summed E-state index contributed by atoms with van der Waals surface area (Å²) in [5.74, 6) is 3.98. The Balaban J connectivity index is 1.38. The van der Waals surface area contributed by atoms with E-state index >= 15 is 0 Å². The van der Waals surface area contributed by atoms with E-state index in [0.29, 0.717) is 42.8 Å². The highest BCUT2D eigenvalue weighted by Gasteiger charge is 2.17. The van der Waals surface area contributed by atoms with E-state index in [2.05, 4.69) is 34.7 Å². The van der Waals surface area contributed by atoms with Crippen molar-refractivity contribution in [3.63, 3.8) is 0 Å². The first-order valence-corrected chi connectivity index (χ1v) is 11.9. The summed E-state index contributed by atoms with van der Waals surface area (Å²) in [4.78, 5) is 13.1. The number of rotatable bonds is 7. The standard InChI is InChI=1S/C28H26N4O4/c1-33-24-14-20-22(15-25(24)34-2)31-27(17-7-8-23-26(13-17)36-12-11-35-23)32-28(20)29-10-9-18-16-30-21-6-4-3-5-19(18)21/h3-8,13-16,30H,9-12H2,1-2H3,(H,29,31,32). The van der Waals surface area contributed by atoms with Crippen LogP contribution in [0.4, 0.5) is 5.82 Å². The predicted molar refractivity (Wildman–Crippen MR) is 140 cm³/mol. The third-order valence-corrected chi connectivity index (χ3v) is 6.36. The molecule has 0 saturated heterocycles. The van der Waals surface area contributed by atoms with Crippen LogP contribution in [0.1, 0.15) is 5.56 Å². The molecule has 0 spiro atoms. The fourth-order valence-corrected chi connectivity index (χ4v) is 4.56. The van der Waals surface area contributed by atoms with Crippen LogP contribution in [0.5, 0.6) is 23.0 Å². The molecule has 0 aliphatic carbocycles. The molecule has 6 rings (SSSR count). The van der Waals surface area contributed by atoms with E-state index in [9.17, 15) is 0 Å². The van der Waals surface area contributed by atoms with Gasteiger partial charge in [-0.3, -0.25) is 0 Å². The number of ether oxygens (including phenoxy) is 4. The van der Waals surface area contributed by atoms with Gasteiger partial charge in [0.25, 0.3) is 0 Å². The quantitative estimate of drug-likeness (QED) is 0.329. The van der Waals surface area contributed by atoms with Crippen LogP contribution < -0.4 is 24.3 Å². The van der Waals surface area contributed by atoms with Gasteiger partial charge in [-0.1, -0.05) is 18.2 Å². The van der Waals surface area contributed by atoms with Crippen molar-refractivity contribution in [3.8, 4) is 34.4 Å². The lowest BCUT2D eigenvalue weighted by Crippen LogP contribution is -2.15. The van der Waals surface area contributed by atoms with Gasteiger partial charge in [-0.15, -0.1) is 0 Å². The Morgan fingerprint density at radius 2 is 1.69 bits per heavy atom. The van der Waals surface area contributed by atoms with Crippen molar-refractivity contribution in [2.24, 2.45) is 0 Å². The summed E-state index contributed by atoms with van der Waals surface area (Å²) in [7, 11) is 3.24. The predicted octanol–water partition coefficient (Wildman–Crippen LogP) is 5.22. The normalized spacial score (nSPS) is 12.6. The molecule has 0 amide bonds. The van der Waals surface area contributed by atoms with E-state index in [-0.39, 0.29) is 0 Å². The maximum Gasteiger partial charge on any atom is 0.162 e. The van der Waals surface area contributed by atoms with Gasteiger partial charge in [0.1, 0.15) is 19.0 Å². The Labute approximate surface area is 208 Å². The minimum Gasteiger partial charge on any atom is -0.493 e. The number of anilines is 1. The minimum absolute atomic E-state index is 0.521. The summed E-state index contributed by atoms with van der Waals surface area (Å²) in [5, 5.41) is 5.62. The lowest BCUT2D eigenvalue weighted by atomic mass is 10.1. The maximum atomic E-state index is 5.78. The van der Waals surface area contributed by atoms with Crippen molar-refractivity contribution < 1.29 is 18.9 Å². The van der Waals surface area contributed by atoms with Crippen LogP contribution in [0.25, 0.3) is 33.2 Å². The highest BCUT2D eigenvalue weighted by Crippen LogP contribution is 2.37. The fourth-order valence-electron chi connectivity index (χ4n) is 4.56. The molecule has 5 aromatic rings. The Kier molecular flexibility index (Phi) is 5.69. The number of H-pyrrole nitrogens is 1. The van der Waals surface area contributed by atoms with Gasteiger partial charge in [-0.25, -0.2) is 9.97 Å². The zero-order chi connectivity index (χ0) is 24.5. The molecule has 8 nitrogen and oxygen atoms in total. The second-order valence-electron chi connectivity index (χ2n) is 8.51. The number of hydrogen-bond acceptors (Lipinski definition) is 7. The molecule has 0 fully saturated rings. The number of nitrogens with zero attached hydrogens (tertiary/aromatic N) is 2. The molecule has 0 atom stereocenters. The van der Waals surface area contributed by atoms with Crippen LogP contribution >= 0.6 is 0 Å². The van der Waals surface area contributed by atoms with Crippen molar-refractivity contribution in [2.45, 2.75) is 6.42 Å². The third-order valence-electron chi connectivity index (χ3n) is 6.36. The van der Waals surface area contributed by atoms with Crippen molar-refractivity contribution >= 4 is 27.6 Å². The third kappa shape index (κ3) is 4.00. The molecule has 2 aromatic heterocycles. The monoisotopic (exact) mass is 482 g/mol. The minimum atomic E-state index is 0.521. The number of hydrogen-bond donors (Lipinski definition) is 2. The highest BCUT2D eigenvalue weighted by molar-refractivity contribution is 5.93. The average Bonchev–Trinajstić information content (AvgIpc) is 3.34. The van der Waals surface area contributed by atoms with Gasteiger partial charge in [0.05, 0.1) is 19.7 Å². The summed E-state index contributed by atoms with van der Waals surface area (Å²) in [6, 6.07) is 17.9. The fraction of sp³-hybridized carbons (Fsp3) is 0.214. The molecule has 0 radical (unpaired) electrons. The second kappa shape index (κ2) is 9.30. The van der Waals surface area contributed by atoms with Gasteiger partial charge in [0.15, 0.2) is 28.8 Å². The zero-order valence-electron chi connectivity index (χ0n) is 20.1. The molecule has 1 aliphatic heterocycles. The summed E-state index contributed by atoms with van der Waals surface area (Å²) in [6.07, 6.45) is 2.90. The van der Waals surface area contributed by atoms with E-state index in [1.54, 1.807) is 14.2 Å². The van der Waals surface area contributed by atoms with E-state index in [0.717, 1.165) is 40.0 Å². The van der Waals surface area contributed by atoms with Crippen LogP contribution in [0.15, 0.2) is 60.8 Å². The molecule has 182 valence electrons. The Morgan fingerprint density at radius 1 is 0.889 bits per heavy atom. The zero-order valence-corrected chi connectivity index (χ0v) is 20.1. The van der Waals surface area contributed by atoms with Gasteiger partial charge < -0.3 is 29.2 Å². The number of aromatic amines is 1.